The van der Waals surface area contributed by atoms with Crippen LogP contribution < -0.4 is 5.69 Å². The van der Waals surface area contributed by atoms with Crippen molar-refractivity contribution in [3.8, 4) is 0 Å². The molecule has 0 atom stereocenters. The van der Waals surface area contributed by atoms with E-state index in [-0.39, 0.29) is 11.1 Å². The minimum absolute atomic E-state index is 0.0331. The van der Waals surface area contributed by atoms with Gasteiger partial charge in [-0.05, 0) is 11.8 Å². The predicted octanol–water partition coefficient (Wildman–Crippen LogP) is 1.30. The van der Waals surface area contributed by atoms with Crippen molar-refractivity contribution >= 4 is 0 Å². The van der Waals surface area contributed by atoms with Gasteiger partial charge in [0, 0.05) is 18.9 Å². The maximum absolute atomic E-state index is 11.0. The Morgan fingerprint density at radius 2 is 2.08 bits per heavy atom. The van der Waals surface area contributed by atoms with Crippen LogP contribution in [0.2, 0.25) is 0 Å². The smallest absolute Gasteiger partial charge is 0.312 e. The quantitative estimate of drug-likeness (QED) is 0.674. The second-order valence-corrected chi connectivity index (χ2v) is 4.38. The highest BCUT2D eigenvalue weighted by Crippen LogP contribution is 2.18. The average molecular weight is 168 g/mol. The van der Waals surface area contributed by atoms with E-state index < -0.39 is 0 Å². The van der Waals surface area contributed by atoms with Crippen molar-refractivity contribution in [1.82, 2.24) is 9.55 Å². The molecule has 0 spiro atoms. The number of imidazole rings is 1. The van der Waals surface area contributed by atoms with E-state index >= 15 is 0 Å². The molecule has 0 radical (unpaired) electrons. The normalized spacial score (nSPS) is 12.0. The third kappa shape index (κ3) is 2.00. The van der Waals surface area contributed by atoms with Crippen LogP contribution in [-0.4, -0.2) is 9.55 Å². The monoisotopic (exact) mass is 168 g/mol. The Labute approximate surface area is 72.4 Å². The van der Waals surface area contributed by atoms with Gasteiger partial charge in [-0.2, -0.15) is 0 Å². The van der Waals surface area contributed by atoms with E-state index in [1.165, 1.54) is 0 Å². The Morgan fingerprint density at radius 3 is 2.42 bits per heavy atom. The van der Waals surface area contributed by atoms with Crippen LogP contribution in [0.15, 0.2) is 11.0 Å². The molecule has 1 rings (SSSR count). The molecule has 3 heteroatoms. The fraction of sp³-hybridized carbons (Fsp3) is 0.667. The van der Waals surface area contributed by atoms with Gasteiger partial charge in [0.2, 0.25) is 0 Å². The van der Waals surface area contributed by atoms with Gasteiger partial charge in [0.05, 0.1) is 0 Å². The Balaban J connectivity index is 2.91. The second kappa shape index (κ2) is 2.81. The third-order valence-electron chi connectivity index (χ3n) is 1.81. The van der Waals surface area contributed by atoms with Crippen LogP contribution in [0.5, 0.6) is 0 Å². The highest BCUT2D eigenvalue weighted by molar-refractivity contribution is 5.00. The van der Waals surface area contributed by atoms with E-state index in [0.717, 1.165) is 12.1 Å². The van der Waals surface area contributed by atoms with Crippen molar-refractivity contribution in [2.75, 3.05) is 0 Å². The van der Waals surface area contributed by atoms with Gasteiger partial charge in [0.15, 0.2) is 0 Å². The minimum Gasteiger partial charge on any atom is -0.312 e. The van der Waals surface area contributed by atoms with E-state index in [2.05, 4.69) is 25.8 Å². The highest BCUT2D eigenvalue weighted by Gasteiger charge is 2.13. The summed E-state index contributed by atoms with van der Waals surface area (Å²) >= 11 is 0. The van der Waals surface area contributed by atoms with Crippen molar-refractivity contribution in [2.24, 2.45) is 12.5 Å². The van der Waals surface area contributed by atoms with Gasteiger partial charge in [-0.15, -0.1) is 0 Å². The fourth-order valence-electron chi connectivity index (χ4n) is 1.18. The predicted molar refractivity (Wildman–Crippen MR) is 49.2 cm³/mol. The van der Waals surface area contributed by atoms with Crippen molar-refractivity contribution in [3.63, 3.8) is 0 Å². The summed E-state index contributed by atoms with van der Waals surface area (Å²) in [7, 11) is 1.79. The van der Waals surface area contributed by atoms with Gasteiger partial charge in [-0.3, -0.25) is 4.57 Å². The fourth-order valence-corrected chi connectivity index (χ4v) is 1.18. The summed E-state index contributed by atoms with van der Waals surface area (Å²) in [5, 5.41) is 0. The first-order valence-electron chi connectivity index (χ1n) is 4.13. The molecule has 0 aromatic carbocycles. The molecule has 0 amide bonds. The lowest BCUT2D eigenvalue weighted by Crippen LogP contribution is -2.18. The molecular formula is C9H16N2O. The summed E-state index contributed by atoms with van der Waals surface area (Å²) < 4.78 is 1.66. The lowest BCUT2D eigenvalue weighted by Gasteiger charge is -2.17. The number of hydrogen-bond donors (Lipinski definition) is 1. The number of rotatable bonds is 1. The number of nitrogens with zero attached hydrogens (tertiary/aromatic N) is 1. The molecule has 12 heavy (non-hydrogen) atoms. The summed E-state index contributed by atoms with van der Waals surface area (Å²) in [6.45, 7) is 6.47. The molecule has 3 nitrogen and oxygen atoms in total. The van der Waals surface area contributed by atoms with E-state index in [1.54, 1.807) is 17.8 Å². The van der Waals surface area contributed by atoms with E-state index in [0.29, 0.717) is 0 Å². The summed E-state index contributed by atoms with van der Waals surface area (Å²) in [6, 6.07) is 0. The van der Waals surface area contributed by atoms with Crippen LogP contribution in [0.25, 0.3) is 0 Å². The van der Waals surface area contributed by atoms with Gasteiger partial charge in [-0.25, -0.2) is 4.79 Å². The van der Waals surface area contributed by atoms with Crippen LogP contribution in [-0.2, 0) is 13.5 Å². The van der Waals surface area contributed by atoms with Gasteiger partial charge in [-0.1, -0.05) is 20.8 Å². The average Bonchev–Trinajstić information content (AvgIpc) is 2.16. The van der Waals surface area contributed by atoms with E-state index in [4.69, 9.17) is 0 Å². The molecule has 0 fully saturated rings. The zero-order valence-electron chi connectivity index (χ0n) is 8.14. The number of hydrogen-bond acceptors (Lipinski definition) is 1. The molecule has 68 valence electrons. The first-order chi connectivity index (χ1) is 5.40. The van der Waals surface area contributed by atoms with Gasteiger partial charge >= 0.3 is 5.69 Å². The van der Waals surface area contributed by atoms with Crippen LogP contribution in [0.4, 0.5) is 0 Å². The molecule has 1 aromatic rings. The maximum Gasteiger partial charge on any atom is 0.325 e. The minimum atomic E-state index is -0.0331. The first kappa shape index (κ1) is 9.10. The zero-order valence-corrected chi connectivity index (χ0v) is 8.14. The molecule has 0 bridgehead atoms. The standard InChI is InChI=1S/C9H16N2O/c1-9(2,3)5-7-6-10-8(12)11(7)4/h6H,5H2,1-4H3,(H,10,12). The number of nitrogens with one attached hydrogen (secondary N) is 1. The maximum atomic E-state index is 11.0. The largest absolute Gasteiger partial charge is 0.325 e. The summed E-state index contributed by atoms with van der Waals surface area (Å²) in [6.07, 6.45) is 2.70. The molecule has 0 aliphatic carbocycles. The topological polar surface area (TPSA) is 37.8 Å². The number of H-pyrrole nitrogens is 1. The van der Waals surface area contributed by atoms with Crippen molar-refractivity contribution < 1.29 is 0 Å². The number of aromatic amines is 1. The summed E-state index contributed by atoms with van der Waals surface area (Å²) in [5.74, 6) is 0. The van der Waals surface area contributed by atoms with Gasteiger partial charge in [0.25, 0.3) is 0 Å². The third-order valence-corrected chi connectivity index (χ3v) is 1.81. The second-order valence-electron chi connectivity index (χ2n) is 4.38. The Bertz CT molecular complexity index is 314. The van der Waals surface area contributed by atoms with Crippen molar-refractivity contribution in [3.05, 3.63) is 22.4 Å². The van der Waals surface area contributed by atoms with Crippen molar-refractivity contribution in [2.45, 2.75) is 27.2 Å². The molecular weight excluding hydrogens is 152 g/mol. The molecule has 1 aromatic heterocycles. The van der Waals surface area contributed by atoms with E-state index in [1.807, 2.05) is 0 Å². The molecule has 0 unspecified atom stereocenters. The lowest BCUT2D eigenvalue weighted by molar-refractivity contribution is 0.400. The SMILES string of the molecule is Cn1c(CC(C)(C)C)c[nH]c1=O. The summed E-state index contributed by atoms with van der Waals surface area (Å²) in [5.41, 5.74) is 1.26. The van der Waals surface area contributed by atoms with E-state index in [9.17, 15) is 4.79 Å². The molecule has 0 aliphatic heterocycles. The Morgan fingerprint density at radius 1 is 1.50 bits per heavy atom. The molecule has 0 saturated heterocycles. The van der Waals surface area contributed by atoms with Crippen LogP contribution in [0.3, 0.4) is 0 Å². The Hall–Kier alpha value is -0.990. The van der Waals surface area contributed by atoms with Crippen LogP contribution >= 0.6 is 0 Å². The Kier molecular flexibility index (Phi) is 2.13. The summed E-state index contributed by atoms with van der Waals surface area (Å²) in [4.78, 5) is 13.7. The van der Waals surface area contributed by atoms with Gasteiger partial charge in [0.1, 0.15) is 0 Å². The molecule has 1 N–H and O–H groups in total. The number of aromatic nitrogens is 2. The van der Waals surface area contributed by atoms with Crippen LogP contribution in [0, 0.1) is 5.41 Å². The zero-order chi connectivity index (χ0) is 9.35. The highest BCUT2D eigenvalue weighted by atomic mass is 16.1. The van der Waals surface area contributed by atoms with Gasteiger partial charge < -0.3 is 4.98 Å². The van der Waals surface area contributed by atoms with Crippen LogP contribution in [0.1, 0.15) is 26.5 Å². The first-order valence-corrected chi connectivity index (χ1v) is 4.13. The molecule has 0 saturated carbocycles. The lowest BCUT2D eigenvalue weighted by atomic mass is 9.91. The molecule has 1 heterocycles. The molecule has 0 aliphatic rings. The van der Waals surface area contributed by atoms with Crippen molar-refractivity contribution in [1.29, 1.82) is 0 Å².